The van der Waals surface area contributed by atoms with E-state index in [9.17, 15) is 14.4 Å². The van der Waals surface area contributed by atoms with Gasteiger partial charge in [0.15, 0.2) is 0 Å². The van der Waals surface area contributed by atoms with Crippen LogP contribution in [0.5, 0.6) is 0 Å². The Balaban J connectivity index is 1.78. The van der Waals surface area contributed by atoms with Crippen LogP contribution in [0, 0.1) is 0 Å². The van der Waals surface area contributed by atoms with Crippen LogP contribution >= 0.6 is 11.6 Å². The molecule has 0 aliphatic heterocycles. The Morgan fingerprint density at radius 3 is 1.97 bits per heavy atom. The van der Waals surface area contributed by atoms with E-state index in [2.05, 4.69) is 5.32 Å². The van der Waals surface area contributed by atoms with Crippen molar-refractivity contribution in [2.75, 3.05) is 0 Å². The first-order valence-corrected chi connectivity index (χ1v) is 9.97. The number of carbonyl (C=O) groups excluding carboxylic acids is 3. The largest absolute Gasteiger partial charge is 0.447 e. The summed E-state index contributed by atoms with van der Waals surface area (Å²) in [6.07, 6.45) is -1.42. The van der Waals surface area contributed by atoms with Crippen molar-refractivity contribution in [3.8, 4) is 0 Å². The maximum Gasteiger partial charge on any atom is 0.309 e. The summed E-state index contributed by atoms with van der Waals surface area (Å²) in [6, 6.07) is 23.4. The Morgan fingerprint density at radius 1 is 0.839 bits per heavy atom. The van der Waals surface area contributed by atoms with Crippen LogP contribution < -0.4 is 11.1 Å². The standard InChI is InChI=1S/C24H21ClN2O4/c25-19-14-8-7-13-18(19)24(30)27-20(16-9-3-1-4-10-16)15-21(28)31-22(23(26)29)17-11-5-2-6-12-17/h1-14,20,22H,15H2,(H2,26,29)(H,27,30). The minimum atomic E-state index is -1.22. The summed E-state index contributed by atoms with van der Waals surface area (Å²) in [5.74, 6) is -1.89. The Labute approximate surface area is 185 Å². The molecule has 7 heteroatoms. The zero-order chi connectivity index (χ0) is 22.2. The van der Waals surface area contributed by atoms with E-state index in [0.717, 1.165) is 0 Å². The molecule has 0 aromatic heterocycles. The van der Waals surface area contributed by atoms with Crippen LogP contribution in [-0.2, 0) is 14.3 Å². The van der Waals surface area contributed by atoms with E-state index in [-0.39, 0.29) is 12.0 Å². The number of rotatable bonds is 8. The van der Waals surface area contributed by atoms with E-state index >= 15 is 0 Å². The lowest BCUT2D eigenvalue weighted by atomic mass is 10.0. The van der Waals surface area contributed by atoms with E-state index in [0.29, 0.717) is 16.1 Å². The highest BCUT2D eigenvalue weighted by molar-refractivity contribution is 6.33. The van der Waals surface area contributed by atoms with E-state index in [4.69, 9.17) is 22.1 Å². The van der Waals surface area contributed by atoms with Gasteiger partial charge in [-0.05, 0) is 17.7 Å². The molecule has 0 aliphatic rings. The number of nitrogens with one attached hydrogen (secondary N) is 1. The number of ether oxygens (including phenoxy) is 1. The predicted molar refractivity (Wildman–Crippen MR) is 117 cm³/mol. The number of hydrogen-bond acceptors (Lipinski definition) is 4. The van der Waals surface area contributed by atoms with Crippen LogP contribution in [0.2, 0.25) is 5.02 Å². The number of carbonyl (C=O) groups is 3. The molecule has 2 unspecified atom stereocenters. The molecule has 2 atom stereocenters. The molecule has 3 aromatic rings. The summed E-state index contributed by atoms with van der Waals surface area (Å²) < 4.78 is 5.37. The molecule has 3 N–H and O–H groups in total. The number of primary amides is 1. The number of benzene rings is 3. The first-order valence-electron chi connectivity index (χ1n) is 9.60. The molecular formula is C24H21ClN2O4. The Bertz CT molecular complexity index is 1060. The molecule has 0 saturated carbocycles. The van der Waals surface area contributed by atoms with E-state index < -0.39 is 29.9 Å². The topological polar surface area (TPSA) is 98.5 Å². The molecule has 3 rings (SSSR count). The van der Waals surface area contributed by atoms with Gasteiger partial charge >= 0.3 is 5.97 Å². The van der Waals surface area contributed by atoms with Crippen molar-refractivity contribution in [2.45, 2.75) is 18.6 Å². The maximum atomic E-state index is 12.8. The molecule has 158 valence electrons. The molecule has 0 heterocycles. The van der Waals surface area contributed by atoms with Crippen LogP contribution in [-0.4, -0.2) is 17.8 Å². The molecule has 6 nitrogen and oxygen atoms in total. The highest BCUT2D eigenvalue weighted by Crippen LogP contribution is 2.23. The van der Waals surface area contributed by atoms with Gasteiger partial charge in [0.2, 0.25) is 6.10 Å². The van der Waals surface area contributed by atoms with Gasteiger partial charge in [-0.25, -0.2) is 0 Å². The Kier molecular flexibility index (Phi) is 7.40. The smallest absolute Gasteiger partial charge is 0.309 e. The third kappa shape index (κ3) is 5.93. The fraction of sp³-hybridized carbons (Fsp3) is 0.125. The predicted octanol–water partition coefficient (Wildman–Crippen LogP) is 3.97. The molecule has 0 spiro atoms. The maximum absolute atomic E-state index is 12.8. The molecule has 31 heavy (non-hydrogen) atoms. The number of hydrogen-bond donors (Lipinski definition) is 2. The third-order valence-electron chi connectivity index (χ3n) is 4.61. The second-order valence-corrected chi connectivity index (χ2v) is 7.21. The average Bonchev–Trinajstić information content (AvgIpc) is 2.78. The zero-order valence-electron chi connectivity index (χ0n) is 16.5. The van der Waals surface area contributed by atoms with Crippen molar-refractivity contribution < 1.29 is 19.1 Å². The van der Waals surface area contributed by atoms with Crippen LogP contribution in [0.4, 0.5) is 0 Å². The number of halogens is 1. The molecule has 3 aromatic carbocycles. The summed E-state index contributed by atoms with van der Waals surface area (Å²) in [5.41, 5.74) is 6.90. The van der Waals surface area contributed by atoms with E-state index in [1.165, 1.54) is 0 Å². The van der Waals surface area contributed by atoms with Gasteiger partial charge in [-0.1, -0.05) is 84.4 Å². The quantitative estimate of drug-likeness (QED) is 0.522. The highest BCUT2D eigenvalue weighted by Gasteiger charge is 2.26. The van der Waals surface area contributed by atoms with E-state index in [1.54, 1.807) is 78.9 Å². The SMILES string of the molecule is NC(=O)C(OC(=O)CC(NC(=O)c1ccccc1Cl)c1ccccc1)c1ccccc1. The van der Waals surface area contributed by atoms with Gasteiger partial charge in [0.1, 0.15) is 0 Å². The van der Waals surface area contributed by atoms with Gasteiger partial charge in [-0.3, -0.25) is 14.4 Å². The first kappa shape index (κ1) is 22.1. The second-order valence-electron chi connectivity index (χ2n) is 6.80. The van der Waals surface area contributed by atoms with Gasteiger partial charge in [0.05, 0.1) is 23.0 Å². The molecule has 0 fully saturated rings. The summed E-state index contributed by atoms with van der Waals surface area (Å²) in [6.45, 7) is 0. The van der Waals surface area contributed by atoms with Crippen molar-refractivity contribution in [1.29, 1.82) is 0 Å². The third-order valence-corrected chi connectivity index (χ3v) is 4.94. The lowest BCUT2D eigenvalue weighted by Crippen LogP contribution is -2.32. The van der Waals surface area contributed by atoms with Gasteiger partial charge in [-0.2, -0.15) is 0 Å². The zero-order valence-corrected chi connectivity index (χ0v) is 17.3. The molecular weight excluding hydrogens is 416 g/mol. The van der Waals surface area contributed by atoms with Gasteiger partial charge in [-0.15, -0.1) is 0 Å². The van der Waals surface area contributed by atoms with Gasteiger partial charge in [0, 0.05) is 5.56 Å². The summed E-state index contributed by atoms with van der Waals surface area (Å²) in [5, 5.41) is 3.12. The average molecular weight is 437 g/mol. The van der Waals surface area contributed by atoms with Crippen LogP contribution in [0.3, 0.4) is 0 Å². The van der Waals surface area contributed by atoms with Gasteiger partial charge < -0.3 is 15.8 Å². The monoisotopic (exact) mass is 436 g/mol. The molecule has 0 saturated heterocycles. The Hall–Kier alpha value is -3.64. The summed E-state index contributed by atoms with van der Waals surface area (Å²) in [7, 11) is 0. The Morgan fingerprint density at radius 2 is 1.39 bits per heavy atom. The molecule has 0 radical (unpaired) electrons. The second kappa shape index (κ2) is 10.4. The van der Waals surface area contributed by atoms with Gasteiger partial charge in [0.25, 0.3) is 11.8 Å². The van der Waals surface area contributed by atoms with Crippen molar-refractivity contribution in [2.24, 2.45) is 5.73 Å². The van der Waals surface area contributed by atoms with Crippen LogP contribution in [0.15, 0.2) is 84.9 Å². The molecule has 0 bridgehead atoms. The highest BCUT2D eigenvalue weighted by atomic mass is 35.5. The van der Waals surface area contributed by atoms with Crippen LogP contribution in [0.1, 0.15) is 40.1 Å². The fourth-order valence-corrected chi connectivity index (χ4v) is 3.30. The van der Waals surface area contributed by atoms with Crippen molar-refractivity contribution in [1.82, 2.24) is 5.32 Å². The van der Waals surface area contributed by atoms with Crippen molar-refractivity contribution >= 4 is 29.4 Å². The minimum absolute atomic E-state index is 0.198. The first-order chi connectivity index (χ1) is 15.0. The fourth-order valence-electron chi connectivity index (χ4n) is 3.08. The van der Waals surface area contributed by atoms with E-state index in [1.807, 2.05) is 6.07 Å². The van der Waals surface area contributed by atoms with Crippen molar-refractivity contribution in [3.05, 3.63) is 107 Å². The van der Waals surface area contributed by atoms with Crippen LogP contribution in [0.25, 0.3) is 0 Å². The normalized spacial score (nSPS) is 12.4. The summed E-state index contributed by atoms with van der Waals surface area (Å²) in [4.78, 5) is 37.3. The number of nitrogens with two attached hydrogens (primary N) is 1. The number of esters is 1. The lowest BCUT2D eigenvalue weighted by Gasteiger charge is -2.21. The lowest BCUT2D eigenvalue weighted by molar-refractivity contribution is -0.155. The molecule has 2 amide bonds. The summed E-state index contributed by atoms with van der Waals surface area (Å²) >= 11 is 6.12. The number of amides is 2. The van der Waals surface area contributed by atoms with Crippen molar-refractivity contribution in [3.63, 3.8) is 0 Å². The minimum Gasteiger partial charge on any atom is -0.447 e. The molecule has 0 aliphatic carbocycles.